The Balaban J connectivity index is 2.15. The number of rotatable bonds is 2. The van der Waals surface area contributed by atoms with Crippen LogP contribution in [0.3, 0.4) is 0 Å². The summed E-state index contributed by atoms with van der Waals surface area (Å²) in [5.74, 6) is 0. The molecule has 0 radical (unpaired) electrons. The van der Waals surface area contributed by atoms with Gasteiger partial charge in [-0.3, -0.25) is 0 Å². The minimum atomic E-state index is 1.30. The molecular weight excluding hydrogens is 184 g/mol. The third-order valence-corrected chi connectivity index (χ3v) is 3.30. The summed E-state index contributed by atoms with van der Waals surface area (Å²) in [6.45, 7) is 0. The summed E-state index contributed by atoms with van der Waals surface area (Å²) >= 11 is 3.54. The highest BCUT2D eigenvalue weighted by atomic mass is 32.2. The van der Waals surface area contributed by atoms with Gasteiger partial charge in [-0.15, -0.1) is 0 Å². The van der Waals surface area contributed by atoms with Gasteiger partial charge in [-0.25, -0.2) is 0 Å². The molecule has 0 saturated heterocycles. The van der Waals surface area contributed by atoms with Crippen molar-refractivity contribution in [2.75, 3.05) is 0 Å². The molecule has 2 rings (SSSR count). The fraction of sp³-hybridized carbons (Fsp3) is 0. The normalized spacial score (nSPS) is 10.0. The molecule has 0 nitrogen and oxygen atoms in total. The number of hydrogen-bond acceptors (Lipinski definition) is 2. The van der Waals surface area contributed by atoms with E-state index in [4.69, 9.17) is 0 Å². The van der Waals surface area contributed by atoms with Gasteiger partial charge >= 0.3 is 0 Å². The highest BCUT2D eigenvalue weighted by Gasteiger charge is 1.94. The predicted molar refractivity (Wildman–Crippen MR) is 54.9 cm³/mol. The molecule has 1 aromatic carbocycles. The first-order valence-electron chi connectivity index (χ1n) is 3.70. The Morgan fingerprint density at radius 3 is 2.42 bits per heavy atom. The van der Waals surface area contributed by atoms with E-state index in [2.05, 4.69) is 41.1 Å². The van der Waals surface area contributed by atoms with Crippen LogP contribution in [0, 0.1) is 0 Å². The maximum atomic E-state index is 2.16. The van der Waals surface area contributed by atoms with E-state index in [1.165, 1.54) is 9.79 Å². The molecule has 0 aliphatic rings. The molecule has 0 spiro atoms. The van der Waals surface area contributed by atoms with Crippen molar-refractivity contribution >= 4 is 23.1 Å². The summed E-state index contributed by atoms with van der Waals surface area (Å²) in [7, 11) is 0. The van der Waals surface area contributed by atoms with Crippen LogP contribution in [0.15, 0.2) is 56.9 Å². The minimum absolute atomic E-state index is 1.30. The van der Waals surface area contributed by atoms with E-state index in [-0.39, 0.29) is 0 Å². The van der Waals surface area contributed by atoms with Gasteiger partial charge in [-0.2, -0.15) is 11.3 Å². The summed E-state index contributed by atoms with van der Waals surface area (Å²) in [5.41, 5.74) is 0. The Labute approximate surface area is 80.3 Å². The second kappa shape index (κ2) is 3.78. The monoisotopic (exact) mass is 192 g/mol. The predicted octanol–water partition coefficient (Wildman–Crippen LogP) is 3.90. The first kappa shape index (κ1) is 7.90. The molecule has 0 unspecified atom stereocenters. The third-order valence-electron chi connectivity index (χ3n) is 1.47. The Morgan fingerprint density at radius 1 is 0.917 bits per heavy atom. The van der Waals surface area contributed by atoms with E-state index in [0.717, 1.165) is 0 Å². The fourth-order valence-electron chi connectivity index (χ4n) is 0.935. The SMILES string of the molecule is c1ccc(Sc2ccsc2)cc1. The highest BCUT2D eigenvalue weighted by molar-refractivity contribution is 7.99. The molecule has 1 heterocycles. The van der Waals surface area contributed by atoms with E-state index in [1.54, 1.807) is 23.1 Å². The summed E-state index contributed by atoms with van der Waals surface area (Å²) in [6.07, 6.45) is 0. The quantitative estimate of drug-likeness (QED) is 0.695. The van der Waals surface area contributed by atoms with E-state index in [0.29, 0.717) is 0 Å². The van der Waals surface area contributed by atoms with Gasteiger partial charge in [0.15, 0.2) is 0 Å². The van der Waals surface area contributed by atoms with Crippen molar-refractivity contribution in [3.8, 4) is 0 Å². The first-order valence-corrected chi connectivity index (χ1v) is 5.46. The standard InChI is InChI=1S/C10H8S2/c1-2-4-9(5-3-1)12-10-6-7-11-8-10/h1-8H. The minimum Gasteiger partial charge on any atom is -0.151 e. The van der Waals surface area contributed by atoms with Crippen molar-refractivity contribution in [1.29, 1.82) is 0 Å². The van der Waals surface area contributed by atoms with Gasteiger partial charge in [-0.1, -0.05) is 30.0 Å². The molecule has 0 aliphatic carbocycles. The number of benzene rings is 1. The lowest BCUT2D eigenvalue weighted by Crippen LogP contribution is -1.66. The van der Waals surface area contributed by atoms with Crippen molar-refractivity contribution in [1.82, 2.24) is 0 Å². The molecule has 12 heavy (non-hydrogen) atoms. The zero-order valence-electron chi connectivity index (χ0n) is 6.44. The molecule has 0 amide bonds. The Bertz CT molecular complexity index is 324. The van der Waals surface area contributed by atoms with Gasteiger partial charge in [0.05, 0.1) is 0 Å². The lowest BCUT2D eigenvalue weighted by Gasteiger charge is -1.95. The average molecular weight is 192 g/mol. The molecule has 0 fully saturated rings. The second-order valence-electron chi connectivity index (χ2n) is 2.37. The Morgan fingerprint density at radius 2 is 1.75 bits per heavy atom. The highest BCUT2D eigenvalue weighted by Crippen LogP contribution is 2.28. The van der Waals surface area contributed by atoms with Crippen LogP contribution in [0.1, 0.15) is 0 Å². The van der Waals surface area contributed by atoms with Crippen molar-refractivity contribution in [3.05, 3.63) is 47.2 Å². The molecule has 0 atom stereocenters. The largest absolute Gasteiger partial charge is 0.151 e. The zero-order chi connectivity index (χ0) is 8.23. The van der Waals surface area contributed by atoms with E-state index < -0.39 is 0 Å². The summed E-state index contributed by atoms with van der Waals surface area (Å²) < 4.78 is 0. The van der Waals surface area contributed by atoms with Crippen LogP contribution in [0.4, 0.5) is 0 Å². The maximum Gasteiger partial charge on any atom is 0.0229 e. The van der Waals surface area contributed by atoms with Crippen LogP contribution in [0.2, 0.25) is 0 Å². The van der Waals surface area contributed by atoms with Gasteiger partial charge in [0.25, 0.3) is 0 Å². The molecule has 0 aliphatic heterocycles. The van der Waals surface area contributed by atoms with Crippen molar-refractivity contribution in [3.63, 3.8) is 0 Å². The summed E-state index contributed by atoms with van der Waals surface area (Å²) in [6, 6.07) is 12.6. The van der Waals surface area contributed by atoms with E-state index >= 15 is 0 Å². The first-order chi connectivity index (χ1) is 5.95. The molecule has 0 bridgehead atoms. The average Bonchev–Trinajstić information content (AvgIpc) is 2.59. The third kappa shape index (κ3) is 1.90. The van der Waals surface area contributed by atoms with E-state index in [1.807, 2.05) is 6.07 Å². The summed E-state index contributed by atoms with van der Waals surface area (Å²) in [4.78, 5) is 2.63. The van der Waals surface area contributed by atoms with Crippen LogP contribution in [-0.4, -0.2) is 0 Å². The number of hydrogen-bond donors (Lipinski definition) is 0. The lowest BCUT2D eigenvalue weighted by atomic mass is 10.4. The van der Waals surface area contributed by atoms with Crippen molar-refractivity contribution in [2.24, 2.45) is 0 Å². The van der Waals surface area contributed by atoms with Crippen LogP contribution in [0.5, 0.6) is 0 Å². The van der Waals surface area contributed by atoms with Gasteiger partial charge < -0.3 is 0 Å². The molecular formula is C10H8S2. The van der Waals surface area contributed by atoms with Crippen molar-refractivity contribution < 1.29 is 0 Å². The maximum absolute atomic E-state index is 2.16. The Hall–Kier alpha value is -0.730. The van der Waals surface area contributed by atoms with Gasteiger partial charge in [0.1, 0.15) is 0 Å². The molecule has 2 heteroatoms. The van der Waals surface area contributed by atoms with E-state index in [9.17, 15) is 0 Å². The molecule has 2 aromatic rings. The van der Waals surface area contributed by atoms with Gasteiger partial charge in [-0.05, 0) is 23.6 Å². The molecule has 1 aromatic heterocycles. The van der Waals surface area contributed by atoms with Crippen LogP contribution in [-0.2, 0) is 0 Å². The molecule has 0 N–H and O–H groups in total. The topological polar surface area (TPSA) is 0 Å². The smallest absolute Gasteiger partial charge is 0.0229 e. The lowest BCUT2D eigenvalue weighted by molar-refractivity contribution is 1.44. The zero-order valence-corrected chi connectivity index (χ0v) is 8.07. The Kier molecular flexibility index (Phi) is 2.49. The second-order valence-corrected chi connectivity index (χ2v) is 4.30. The van der Waals surface area contributed by atoms with Crippen LogP contribution >= 0.6 is 23.1 Å². The van der Waals surface area contributed by atoms with Crippen molar-refractivity contribution in [2.45, 2.75) is 9.79 Å². The summed E-state index contributed by atoms with van der Waals surface area (Å²) in [5, 5.41) is 4.27. The van der Waals surface area contributed by atoms with Crippen LogP contribution < -0.4 is 0 Å². The number of thiophene rings is 1. The van der Waals surface area contributed by atoms with Gasteiger partial charge in [0, 0.05) is 15.2 Å². The fourth-order valence-corrected chi connectivity index (χ4v) is 2.60. The van der Waals surface area contributed by atoms with Crippen LogP contribution in [0.25, 0.3) is 0 Å². The molecule has 0 saturated carbocycles. The molecule has 60 valence electrons. The van der Waals surface area contributed by atoms with Gasteiger partial charge in [0.2, 0.25) is 0 Å².